The van der Waals surface area contributed by atoms with E-state index in [1.807, 2.05) is 30.3 Å². The van der Waals surface area contributed by atoms with Crippen molar-refractivity contribution < 1.29 is 23.4 Å². The highest BCUT2D eigenvalue weighted by atomic mass is 79.9. The van der Waals surface area contributed by atoms with Crippen molar-refractivity contribution in [3.63, 3.8) is 0 Å². The van der Waals surface area contributed by atoms with E-state index in [2.05, 4.69) is 26.0 Å². The van der Waals surface area contributed by atoms with E-state index in [0.29, 0.717) is 32.3 Å². The minimum Gasteiger partial charge on any atom is -0.493 e. The number of esters is 1. The van der Waals surface area contributed by atoms with Crippen LogP contribution in [0.1, 0.15) is 12.5 Å². The zero-order chi connectivity index (χ0) is 27.7. The van der Waals surface area contributed by atoms with Crippen molar-refractivity contribution in [1.29, 1.82) is 0 Å². The Bertz CT molecular complexity index is 1780. The summed E-state index contributed by atoms with van der Waals surface area (Å²) in [6.07, 6.45) is 0.511. The fourth-order valence-electron chi connectivity index (χ4n) is 3.95. The van der Waals surface area contributed by atoms with Crippen LogP contribution in [0, 0.1) is 0 Å². The van der Waals surface area contributed by atoms with Crippen molar-refractivity contribution in [3.05, 3.63) is 86.1 Å². The van der Waals surface area contributed by atoms with E-state index in [-0.39, 0.29) is 27.9 Å². The van der Waals surface area contributed by atoms with Crippen LogP contribution in [0.2, 0.25) is 5.02 Å². The lowest BCUT2D eigenvalue weighted by Gasteiger charge is -2.18. The maximum atomic E-state index is 13.5. The van der Waals surface area contributed by atoms with Gasteiger partial charge in [-0.2, -0.15) is 9.78 Å². The molecule has 11 heteroatoms. The van der Waals surface area contributed by atoms with E-state index in [1.165, 1.54) is 32.0 Å². The minimum absolute atomic E-state index is 0.146. The maximum absolute atomic E-state index is 13.5. The first-order chi connectivity index (χ1) is 18.8. The molecule has 5 rings (SSSR count). The molecule has 39 heavy (non-hydrogen) atoms. The van der Waals surface area contributed by atoms with Gasteiger partial charge in [0.1, 0.15) is 10.6 Å². The quantitative estimate of drug-likeness (QED) is 0.163. The molecule has 0 bridgehead atoms. The van der Waals surface area contributed by atoms with Crippen molar-refractivity contribution in [1.82, 2.24) is 9.66 Å². The van der Waals surface area contributed by atoms with Crippen LogP contribution in [0.15, 0.2) is 79.4 Å². The number of ether oxygens (including phenoxy) is 3. The number of hydrogen-bond donors (Lipinski definition) is 0. The number of benzene rings is 3. The number of halogens is 2. The standard InChI is InChI=1S/C28H21BrClN3O6/c1-15(28(35)37-3)38-25-21(36-2)13-17(23(29)24(25)30)14-31-33-26(22-12-16-8-4-7-11-20(16)39-22)32-19-10-6-5-9-18(19)27(33)34/h4-15H,1-3H3/t15-/m0/s1. The molecule has 9 nitrogen and oxygen atoms in total. The SMILES string of the molecule is COC(=O)[C@H](C)Oc1c(OC)cc(C=Nn2c(-c3cc4ccccc4o3)nc3ccccc3c2=O)c(Br)c1Cl. The summed E-state index contributed by atoms with van der Waals surface area (Å²) in [6.45, 7) is 1.53. The van der Waals surface area contributed by atoms with Crippen LogP contribution in [-0.4, -0.2) is 42.2 Å². The molecular formula is C28H21BrClN3O6. The van der Waals surface area contributed by atoms with Crippen molar-refractivity contribution >= 4 is 61.6 Å². The van der Waals surface area contributed by atoms with E-state index in [4.69, 9.17) is 30.2 Å². The number of para-hydroxylation sites is 2. The van der Waals surface area contributed by atoms with Crippen LogP contribution in [0.25, 0.3) is 33.5 Å². The zero-order valence-electron chi connectivity index (χ0n) is 21.0. The largest absolute Gasteiger partial charge is 0.493 e. The molecule has 0 aliphatic carbocycles. The van der Waals surface area contributed by atoms with Gasteiger partial charge in [-0.15, -0.1) is 0 Å². The van der Waals surface area contributed by atoms with Crippen LogP contribution in [-0.2, 0) is 9.53 Å². The predicted octanol–water partition coefficient (Wildman–Crippen LogP) is 6.06. The summed E-state index contributed by atoms with van der Waals surface area (Å²) in [5.74, 6) is 0.435. The Morgan fingerprint density at radius 1 is 1.15 bits per heavy atom. The number of furan rings is 1. The Morgan fingerprint density at radius 3 is 2.64 bits per heavy atom. The number of rotatable bonds is 7. The van der Waals surface area contributed by atoms with Gasteiger partial charge < -0.3 is 18.6 Å². The highest BCUT2D eigenvalue weighted by Gasteiger charge is 2.23. The third-order valence-corrected chi connectivity index (χ3v) is 7.36. The van der Waals surface area contributed by atoms with E-state index in [0.717, 1.165) is 5.39 Å². The lowest BCUT2D eigenvalue weighted by Crippen LogP contribution is -2.25. The Kier molecular flexibility index (Phi) is 7.40. The van der Waals surface area contributed by atoms with Crippen LogP contribution in [0.4, 0.5) is 0 Å². The molecule has 0 fully saturated rings. The summed E-state index contributed by atoms with van der Waals surface area (Å²) in [7, 11) is 2.70. The Hall–Kier alpha value is -4.15. The van der Waals surface area contributed by atoms with Gasteiger partial charge in [0.05, 0.1) is 31.3 Å². The summed E-state index contributed by atoms with van der Waals surface area (Å²) in [5, 5.41) is 5.88. The molecule has 0 saturated heterocycles. The van der Waals surface area contributed by atoms with Gasteiger partial charge in [-0.1, -0.05) is 41.9 Å². The van der Waals surface area contributed by atoms with Crippen LogP contribution in [0.5, 0.6) is 11.5 Å². The monoisotopic (exact) mass is 609 g/mol. The second-order valence-electron chi connectivity index (χ2n) is 8.37. The summed E-state index contributed by atoms with van der Waals surface area (Å²) in [5.41, 5.74) is 1.26. The first-order valence-electron chi connectivity index (χ1n) is 11.7. The molecular weight excluding hydrogens is 590 g/mol. The summed E-state index contributed by atoms with van der Waals surface area (Å²) in [6, 6.07) is 17.9. The van der Waals surface area contributed by atoms with Crippen molar-refractivity contribution in [2.45, 2.75) is 13.0 Å². The first-order valence-corrected chi connectivity index (χ1v) is 12.8. The average molecular weight is 611 g/mol. The van der Waals surface area contributed by atoms with Gasteiger partial charge in [-0.25, -0.2) is 9.78 Å². The molecule has 0 aliphatic rings. The number of nitrogens with zero attached hydrogens (tertiary/aromatic N) is 3. The average Bonchev–Trinajstić information content (AvgIpc) is 3.39. The molecule has 0 saturated carbocycles. The zero-order valence-corrected chi connectivity index (χ0v) is 23.3. The molecule has 2 aromatic heterocycles. The maximum Gasteiger partial charge on any atom is 0.346 e. The first kappa shape index (κ1) is 26.5. The third kappa shape index (κ3) is 5.00. The van der Waals surface area contributed by atoms with Gasteiger partial charge in [-0.05, 0) is 53.2 Å². The molecule has 0 N–H and O–H groups in total. The number of fused-ring (bicyclic) bond motifs is 2. The fraction of sp³-hybridized carbons (Fsp3) is 0.143. The molecule has 0 spiro atoms. The molecule has 2 heterocycles. The van der Waals surface area contributed by atoms with E-state index in [1.54, 1.807) is 30.3 Å². The smallest absolute Gasteiger partial charge is 0.346 e. The van der Waals surface area contributed by atoms with Crippen LogP contribution < -0.4 is 15.0 Å². The molecule has 1 atom stereocenters. The summed E-state index contributed by atoms with van der Waals surface area (Å²) < 4.78 is 23.5. The van der Waals surface area contributed by atoms with Gasteiger partial charge in [0.15, 0.2) is 23.4 Å². The van der Waals surface area contributed by atoms with E-state index >= 15 is 0 Å². The number of carbonyl (C=O) groups excluding carboxylic acids is 1. The number of methoxy groups -OCH3 is 2. The van der Waals surface area contributed by atoms with Gasteiger partial charge in [-0.3, -0.25) is 4.79 Å². The molecule has 3 aromatic carbocycles. The number of hydrogen-bond acceptors (Lipinski definition) is 8. The van der Waals surface area contributed by atoms with E-state index in [9.17, 15) is 9.59 Å². The van der Waals surface area contributed by atoms with Crippen LogP contribution >= 0.6 is 27.5 Å². The van der Waals surface area contributed by atoms with Crippen molar-refractivity contribution in [2.24, 2.45) is 5.10 Å². The third-order valence-electron chi connectivity index (χ3n) is 5.92. The second-order valence-corrected chi connectivity index (χ2v) is 9.54. The molecule has 0 radical (unpaired) electrons. The number of aromatic nitrogens is 2. The summed E-state index contributed by atoms with van der Waals surface area (Å²) >= 11 is 10.0. The van der Waals surface area contributed by atoms with Crippen LogP contribution in [0.3, 0.4) is 0 Å². The Balaban J connectivity index is 1.64. The molecule has 198 valence electrons. The number of carbonyl (C=O) groups is 1. The van der Waals surface area contributed by atoms with Gasteiger partial charge in [0, 0.05) is 15.4 Å². The van der Waals surface area contributed by atoms with Crippen molar-refractivity contribution in [2.75, 3.05) is 14.2 Å². The Labute approximate surface area is 235 Å². The predicted molar refractivity (Wildman–Crippen MR) is 152 cm³/mol. The topological polar surface area (TPSA) is 105 Å². The summed E-state index contributed by atoms with van der Waals surface area (Å²) in [4.78, 5) is 30.1. The fourth-order valence-corrected chi connectivity index (χ4v) is 4.60. The van der Waals surface area contributed by atoms with Gasteiger partial charge in [0.25, 0.3) is 5.56 Å². The highest BCUT2D eigenvalue weighted by molar-refractivity contribution is 9.10. The molecule has 0 aliphatic heterocycles. The molecule has 5 aromatic rings. The lowest BCUT2D eigenvalue weighted by molar-refractivity contribution is -0.147. The normalized spacial score (nSPS) is 12.2. The van der Waals surface area contributed by atoms with Crippen molar-refractivity contribution in [3.8, 4) is 23.1 Å². The molecule has 0 unspecified atom stereocenters. The lowest BCUT2D eigenvalue weighted by atomic mass is 10.2. The minimum atomic E-state index is -0.929. The Morgan fingerprint density at radius 2 is 1.90 bits per heavy atom. The second kappa shape index (κ2) is 10.9. The van der Waals surface area contributed by atoms with Gasteiger partial charge in [0.2, 0.25) is 5.82 Å². The van der Waals surface area contributed by atoms with E-state index < -0.39 is 12.1 Å². The molecule has 0 amide bonds. The van der Waals surface area contributed by atoms with Gasteiger partial charge >= 0.3 is 5.97 Å². The highest BCUT2D eigenvalue weighted by Crippen LogP contribution is 2.42.